The molecule has 10 heteroatoms. The highest BCUT2D eigenvalue weighted by atomic mass is 36.0. The fourth-order valence-electron chi connectivity index (χ4n) is 0.903. The van der Waals surface area contributed by atoms with Crippen molar-refractivity contribution < 1.29 is 13.2 Å². The van der Waals surface area contributed by atoms with Gasteiger partial charge in [0.25, 0.3) is 0 Å². The zero-order valence-corrected chi connectivity index (χ0v) is 13.6. The number of aromatic nitrogens is 2. The molecule has 0 fully saturated rings. The molecule has 0 N–H and O–H groups in total. The molecule has 1 heterocycles. The third-order valence-electron chi connectivity index (χ3n) is 1.63. The topological polar surface area (TPSA) is 69.2 Å². The first-order chi connectivity index (χ1) is 8.19. The number of alkyl halides is 1. The summed E-state index contributed by atoms with van der Waals surface area (Å²) in [4.78, 5) is 8.36. The Kier molecular flexibility index (Phi) is 8.49. The van der Waals surface area contributed by atoms with E-state index < -0.39 is 13.8 Å². The number of rotatable bonds is 3. The maximum Gasteiger partial charge on any atom is 0.317 e. The zero-order chi connectivity index (χ0) is 14.3. The summed E-state index contributed by atoms with van der Waals surface area (Å²) in [5, 5.41) is 0.751. The normalized spacial score (nSPS) is 12.6. The van der Waals surface area contributed by atoms with Crippen LogP contribution in [-0.4, -0.2) is 31.8 Å². The van der Waals surface area contributed by atoms with Gasteiger partial charge in [-0.1, -0.05) is 23.4 Å². The van der Waals surface area contributed by atoms with E-state index in [0.717, 1.165) is 16.4 Å². The SMILES string of the molecule is COC(Cl)c1cnc(SC)nc1C.O=S(=O)(Cl)Cl. The quantitative estimate of drug-likeness (QED) is 0.360. The van der Waals surface area contributed by atoms with Gasteiger partial charge >= 0.3 is 8.26 Å². The lowest BCUT2D eigenvalue weighted by atomic mass is 10.2. The van der Waals surface area contributed by atoms with Crippen LogP contribution in [0, 0.1) is 6.92 Å². The molecule has 0 saturated heterocycles. The van der Waals surface area contributed by atoms with Crippen LogP contribution in [0.25, 0.3) is 0 Å². The van der Waals surface area contributed by atoms with Crippen LogP contribution in [0.15, 0.2) is 11.4 Å². The molecule has 18 heavy (non-hydrogen) atoms. The molecule has 1 aromatic heterocycles. The molecule has 1 unspecified atom stereocenters. The number of methoxy groups -OCH3 is 1. The summed E-state index contributed by atoms with van der Waals surface area (Å²) in [7, 11) is 6.37. The van der Waals surface area contributed by atoms with Crippen LogP contribution < -0.4 is 0 Å². The van der Waals surface area contributed by atoms with Gasteiger partial charge in [0.2, 0.25) is 0 Å². The molecule has 0 aliphatic rings. The summed E-state index contributed by atoms with van der Waals surface area (Å²) in [5.74, 6) is 0. The van der Waals surface area contributed by atoms with Crippen molar-refractivity contribution in [2.45, 2.75) is 17.6 Å². The second kappa shape index (κ2) is 8.39. The fourth-order valence-corrected chi connectivity index (χ4v) is 1.50. The molecule has 1 aromatic rings. The molecule has 0 aliphatic heterocycles. The maximum atomic E-state index is 9.16. The van der Waals surface area contributed by atoms with Gasteiger partial charge in [0, 0.05) is 45.9 Å². The second-order valence-corrected chi connectivity index (χ2v) is 7.67. The molecule has 0 aliphatic carbocycles. The highest BCUT2D eigenvalue weighted by molar-refractivity contribution is 8.31. The molecule has 0 spiro atoms. The van der Waals surface area contributed by atoms with Crippen LogP contribution in [0.4, 0.5) is 0 Å². The van der Waals surface area contributed by atoms with Gasteiger partial charge in [-0.25, -0.2) is 9.97 Å². The van der Waals surface area contributed by atoms with E-state index in [-0.39, 0.29) is 0 Å². The summed E-state index contributed by atoms with van der Waals surface area (Å²) in [6.07, 6.45) is 3.64. The molecule has 1 rings (SSSR count). The molecule has 0 bridgehead atoms. The summed E-state index contributed by atoms with van der Waals surface area (Å²) >= 11 is 7.39. The van der Waals surface area contributed by atoms with Gasteiger partial charge in [0.05, 0.1) is 0 Å². The lowest BCUT2D eigenvalue weighted by Crippen LogP contribution is -2.00. The van der Waals surface area contributed by atoms with Crippen molar-refractivity contribution in [2.75, 3.05) is 13.4 Å². The molecular weight excluding hydrogens is 343 g/mol. The average molecular weight is 354 g/mol. The minimum Gasteiger partial charge on any atom is -0.361 e. The first kappa shape index (κ1) is 18.2. The predicted molar refractivity (Wildman–Crippen MR) is 74.8 cm³/mol. The Balaban J connectivity index is 0.000000494. The average Bonchev–Trinajstić information content (AvgIpc) is 2.25. The van der Waals surface area contributed by atoms with Gasteiger partial charge in [-0.2, -0.15) is 8.42 Å². The zero-order valence-electron chi connectivity index (χ0n) is 9.72. The number of hydrogen-bond acceptors (Lipinski definition) is 6. The molecule has 0 radical (unpaired) electrons. The molecular formula is C8H11Cl3N2O3S2. The first-order valence-corrected chi connectivity index (χ1v) is 9.17. The number of thioether (sulfide) groups is 1. The van der Waals surface area contributed by atoms with Crippen LogP contribution in [0.3, 0.4) is 0 Å². The van der Waals surface area contributed by atoms with E-state index in [1.54, 1.807) is 13.3 Å². The van der Waals surface area contributed by atoms with Crippen LogP contribution in [0.5, 0.6) is 0 Å². The minimum atomic E-state index is -3.72. The van der Waals surface area contributed by atoms with Gasteiger partial charge < -0.3 is 4.74 Å². The smallest absolute Gasteiger partial charge is 0.317 e. The standard InChI is InChI=1S/C8H11ClN2OS.Cl2O2S/c1-5-6(7(9)12-2)4-10-8(11-5)13-3;1-5(2,3)4/h4,7H,1-3H3;. The Morgan fingerprint density at radius 3 is 2.28 bits per heavy atom. The molecule has 0 aromatic carbocycles. The van der Waals surface area contributed by atoms with Crippen molar-refractivity contribution >= 4 is 53.0 Å². The van der Waals surface area contributed by atoms with E-state index in [2.05, 4.69) is 31.3 Å². The molecule has 0 amide bonds. The van der Waals surface area contributed by atoms with E-state index in [1.165, 1.54) is 11.8 Å². The van der Waals surface area contributed by atoms with Crippen molar-refractivity contribution in [1.29, 1.82) is 0 Å². The summed E-state index contributed by atoms with van der Waals surface area (Å²) in [6, 6.07) is 0. The highest BCUT2D eigenvalue weighted by Crippen LogP contribution is 2.23. The summed E-state index contributed by atoms with van der Waals surface area (Å²) in [5.41, 5.74) is 1.22. The van der Waals surface area contributed by atoms with Crippen molar-refractivity contribution in [2.24, 2.45) is 0 Å². The van der Waals surface area contributed by atoms with Crippen LogP contribution in [-0.2, 0) is 13.0 Å². The number of aryl methyl sites for hydroxylation is 1. The highest BCUT2D eigenvalue weighted by Gasteiger charge is 2.11. The lowest BCUT2D eigenvalue weighted by molar-refractivity contribution is 0.168. The van der Waals surface area contributed by atoms with E-state index >= 15 is 0 Å². The minimum absolute atomic E-state index is 0.462. The number of hydrogen-bond donors (Lipinski definition) is 0. The number of halogens is 3. The van der Waals surface area contributed by atoms with Crippen LogP contribution in [0.2, 0.25) is 0 Å². The summed E-state index contributed by atoms with van der Waals surface area (Å²) in [6.45, 7) is 1.89. The summed E-state index contributed by atoms with van der Waals surface area (Å²) < 4.78 is 23.3. The molecule has 104 valence electrons. The Bertz CT molecular complexity index is 476. The van der Waals surface area contributed by atoms with Crippen molar-refractivity contribution in [3.05, 3.63) is 17.5 Å². The van der Waals surface area contributed by atoms with Gasteiger partial charge in [0.15, 0.2) is 10.7 Å². The molecule has 1 atom stereocenters. The largest absolute Gasteiger partial charge is 0.361 e. The van der Waals surface area contributed by atoms with Gasteiger partial charge in [0.1, 0.15) is 0 Å². The van der Waals surface area contributed by atoms with Crippen molar-refractivity contribution in [1.82, 2.24) is 9.97 Å². The number of ether oxygens (including phenoxy) is 1. The fraction of sp³-hybridized carbons (Fsp3) is 0.500. The lowest BCUT2D eigenvalue weighted by Gasteiger charge is -2.09. The van der Waals surface area contributed by atoms with E-state index in [4.69, 9.17) is 24.8 Å². The van der Waals surface area contributed by atoms with E-state index in [9.17, 15) is 0 Å². The van der Waals surface area contributed by atoms with Gasteiger partial charge in [-0.05, 0) is 13.2 Å². The van der Waals surface area contributed by atoms with Crippen molar-refractivity contribution in [3.63, 3.8) is 0 Å². The Morgan fingerprint density at radius 2 is 1.94 bits per heavy atom. The van der Waals surface area contributed by atoms with E-state index in [0.29, 0.717) is 0 Å². The van der Waals surface area contributed by atoms with Crippen LogP contribution in [0.1, 0.15) is 16.8 Å². The van der Waals surface area contributed by atoms with E-state index in [1.807, 2.05) is 13.2 Å². The van der Waals surface area contributed by atoms with Crippen LogP contribution >= 0.6 is 44.7 Å². The third-order valence-corrected chi connectivity index (χ3v) is 2.60. The Labute approximate surface area is 124 Å². The Hall–Kier alpha value is 0.210. The third kappa shape index (κ3) is 8.34. The Morgan fingerprint density at radius 1 is 1.44 bits per heavy atom. The van der Waals surface area contributed by atoms with Gasteiger partial charge in [-0.3, -0.25) is 0 Å². The number of nitrogens with zero attached hydrogens (tertiary/aromatic N) is 2. The maximum absolute atomic E-state index is 9.16. The predicted octanol–water partition coefficient (Wildman–Crippen LogP) is 3.10. The monoisotopic (exact) mass is 352 g/mol. The molecule has 0 saturated carbocycles. The van der Waals surface area contributed by atoms with Crippen molar-refractivity contribution in [3.8, 4) is 0 Å². The van der Waals surface area contributed by atoms with Gasteiger partial charge in [-0.15, -0.1) is 0 Å². The first-order valence-electron chi connectivity index (χ1n) is 4.37. The molecule has 5 nitrogen and oxygen atoms in total. The second-order valence-electron chi connectivity index (χ2n) is 2.83.